The molecule has 0 radical (unpaired) electrons. The van der Waals surface area contributed by atoms with Gasteiger partial charge >= 0.3 is 0 Å². The number of hydrogen-bond acceptors (Lipinski definition) is 4. The van der Waals surface area contributed by atoms with E-state index >= 15 is 0 Å². The molecule has 1 aromatic heterocycles. The van der Waals surface area contributed by atoms with Crippen LogP contribution in [-0.2, 0) is 4.74 Å². The number of hydrogen-bond donors (Lipinski definition) is 1. The predicted molar refractivity (Wildman–Crippen MR) is 105 cm³/mol. The Balaban J connectivity index is 1.99. The standard InChI is InChI=1S/C21H24N4O2/c1-15-8-6-10-17(14-15)20-23-19(21(26)22-12-7-13-27-3)24-25(20)18-11-5-4-9-16(18)2/h4-6,8-11,14H,7,12-13H2,1-3H3,(H,22,26). The minimum absolute atomic E-state index is 0.159. The molecule has 6 heteroatoms. The summed E-state index contributed by atoms with van der Waals surface area (Å²) < 4.78 is 6.75. The van der Waals surface area contributed by atoms with Crippen molar-refractivity contribution in [1.82, 2.24) is 20.1 Å². The molecule has 1 heterocycles. The lowest BCUT2D eigenvalue weighted by Gasteiger charge is -2.09. The molecule has 1 N–H and O–H groups in total. The van der Waals surface area contributed by atoms with E-state index in [1.165, 1.54) is 0 Å². The largest absolute Gasteiger partial charge is 0.385 e. The lowest BCUT2D eigenvalue weighted by molar-refractivity contribution is 0.0938. The molecule has 140 valence electrons. The van der Waals surface area contributed by atoms with Gasteiger partial charge in [0.1, 0.15) is 0 Å². The Bertz CT molecular complexity index is 933. The van der Waals surface area contributed by atoms with Gasteiger partial charge in [-0.3, -0.25) is 4.79 Å². The molecule has 0 aliphatic heterocycles. The number of rotatable bonds is 7. The molecule has 0 spiro atoms. The maximum atomic E-state index is 12.5. The minimum Gasteiger partial charge on any atom is -0.385 e. The molecular formula is C21H24N4O2. The van der Waals surface area contributed by atoms with Crippen LogP contribution in [0.25, 0.3) is 17.1 Å². The molecule has 1 amide bonds. The number of para-hydroxylation sites is 1. The van der Waals surface area contributed by atoms with E-state index in [0.29, 0.717) is 19.0 Å². The second-order valence-corrected chi connectivity index (χ2v) is 6.43. The van der Waals surface area contributed by atoms with Crippen LogP contribution in [0.5, 0.6) is 0 Å². The summed E-state index contributed by atoms with van der Waals surface area (Å²) in [4.78, 5) is 17.0. The lowest BCUT2D eigenvalue weighted by Crippen LogP contribution is -2.26. The van der Waals surface area contributed by atoms with Crippen LogP contribution in [-0.4, -0.2) is 40.9 Å². The van der Waals surface area contributed by atoms with Gasteiger partial charge in [-0.05, 0) is 38.0 Å². The molecule has 0 aliphatic carbocycles. The quantitative estimate of drug-likeness (QED) is 0.653. The third-order valence-electron chi connectivity index (χ3n) is 4.24. The summed E-state index contributed by atoms with van der Waals surface area (Å²) in [7, 11) is 1.64. The van der Waals surface area contributed by atoms with Gasteiger partial charge in [0.25, 0.3) is 5.91 Å². The molecule has 0 aliphatic rings. The predicted octanol–water partition coefficient (Wildman–Crippen LogP) is 3.32. The number of carbonyl (C=O) groups is 1. The smallest absolute Gasteiger partial charge is 0.290 e. The molecule has 6 nitrogen and oxygen atoms in total. The molecule has 3 aromatic rings. The fourth-order valence-corrected chi connectivity index (χ4v) is 2.85. The van der Waals surface area contributed by atoms with Crippen LogP contribution in [0.4, 0.5) is 0 Å². The summed E-state index contributed by atoms with van der Waals surface area (Å²) >= 11 is 0. The number of aromatic nitrogens is 3. The van der Waals surface area contributed by atoms with E-state index in [2.05, 4.69) is 15.4 Å². The fourth-order valence-electron chi connectivity index (χ4n) is 2.85. The zero-order valence-electron chi connectivity index (χ0n) is 15.9. The van der Waals surface area contributed by atoms with Crippen molar-refractivity contribution in [2.75, 3.05) is 20.3 Å². The first kappa shape index (κ1) is 18.8. The Morgan fingerprint density at radius 1 is 1.15 bits per heavy atom. The van der Waals surface area contributed by atoms with Crippen LogP contribution in [0, 0.1) is 13.8 Å². The summed E-state index contributed by atoms with van der Waals surface area (Å²) in [5.74, 6) is 0.523. The van der Waals surface area contributed by atoms with E-state index in [0.717, 1.165) is 28.8 Å². The van der Waals surface area contributed by atoms with E-state index in [-0.39, 0.29) is 11.7 Å². The van der Waals surface area contributed by atoms with Crippen LogP contribution in [0.3, 0.4) is 0 Å². The first-order chi connectivity index (χ1) is 13.1. The molecule has 0 bridgehead atoms. The Kier molecular flexibility index (Phi) is 5.98. The van der Waals surface area contributed by atoms with E-state index < -0.39 is 0 Å². The number of methoxy groups -OCH3 is 1. The number of aryl methyl sites for hydroxylation is 2. The van der Waals surface area contributed by atoms with E-state index in [9.17, 15) is 4.79 Å². The van der Waals surface area contributed by atoms with E-state index in [1.807, 2.05) is 62.4 Å². The summed E-state index contributed by atoms with van der Waals surface area (Å²) in [5.41, 5.74) is 4.00. The van der Waals surface area contributed by atoms with Crippen molar-refractivity contribution in [2.24, 2.45) is 0 Å². The number of ether oxygens (including phenoxy) is 1. The zero-order chi connectivity index (χ0) is 19.2. The first-order valence-electron chi connectivity index (χ1n) is 8.97. The highest BCUT2D eigenvalue weighted by Crippen LogP contribution is 2.23. The molecule has 0 saturated heterocycles. The summed E-state index contributed by atoms with van der Waals surface area (Å²) in [6.07, 6.45) is 0.742. The Labute approximate surface area is 159 Å². The molecule has 0 saturated carbocycles. The second kappa shape index (κ2) is 8.60. The normalized spacial score (nSPS) is 10.8. The third-order valence-corrected chi connectivity index (χ3v) is 4.24. The minimum atomic E-state index is -0.285. The molecule has 2 aromatic carbocycles. The Morgan fingerprint density at radius 2 is 1.96 bits per heavy atom. The van der Waals surface area contributed by atoms with Crippen molar-refractivity contribution in [3.05, 3.63) is 65.5 Å². The summed E-state index contributed by atoms with van der Waals surface area (Å²) in [6.45, 7) is 5.16. The van der Waals surface area contributed by atoms with Crippen molar-refractivity contribution in [1.29, 1.82) is 0 Å². The number of nitrogens with one attached hydrogen (secondary N) is 1. The molecular weight excluding hydrogens is 340 g/mol. The lowest BCUT2D eigenvalue weighted by atomic mass is 10.1. The van der Waals surface area contributed by atoms with Crippen LogP contribution in [0.2, 0.25) is 0 Å². The number of carbonyl (C=O) groups excluding carboxylic acids is 1. The third kappa shape index (κ3) is 4.41. The van der Waals surface area contributed by atoms with Crippen LogP contribution in [0.15, 0.2) is 48.5 Å². The highest BCUT2D eigenvalue weighted by Gasteiger charge is 2.19. The average molecular weight is 364 g/mol. The zero-order valence-corrected chi connectivity index (χ0v) is 15.9. The van der Waals surface area contributed by atoms with Gasteiger partial charge in [0, 0.05) is 25.8 Å². The molecule has 0 unspecified atom stereocenters. The van der Waals surface area contributed by atoms with Gasteiger partial charge in [-0.25, -0.2) is 9.67 Å². The van der Waals surface area contributed by atoms with Crippen molar-refractivity contribution >= 4 is 5.91 Å². The molecule has 0 atom stereocenters. The van der Waals surface area contributed by atoms with Crippen molar-refractivity contribution in [3.63, 3.8) is 0 Å². The maximum Gasteiger partial charge on any atom is 0.290 e. The molecule has 0 fully saturated rings. The van der Waals surface area contributed by atoms with Gasteiger partial charge in [-0.15, -0.1) is 5.10 Å². The van der Waals surface area contributed by atoms with Crippen LogP contribution in [0.1, 0.15) is 28.2 Å². The van der Waals surface area contributed by atoms with Gasteiger partial charge in [0.05, 0.1) is 5.69 Å². The number of amides is 1. The molecule has 3 rings (SSSR count). The second-order valence-electron chi connectivity index (χ2n) is 6.43. The van der Waals surface area contributed by atoms with Gasteiger partial charge < -0.3 is 10.1 Å². The average Bonchev–Trinajstić information content (AvgIpc) is 3.11. The molecule has 27 heavy (non-hydrogen) atoms. The van der Waals surface area contributed by atoms with Crippen LogP contribution < -0.4 is 5.32 Å². The Hall–Kier alpha value is -2.99. The van der Waals surface area contributed by atoms with E-state index in [4.69, 9.17) is 4.74 Å². The van der Waals surface area contributed by atoms with E-state index in [1.54, 1.807) is 11.8 Å². The number of benzene rings is 2. The van der Waals surface area contributed by atoms with Gasteiger partial charge in [0.2, 0.25) is 5.82 Å². The number of nitrogens with zero attached hydrogens (tertiary/aromatic N) is 3. The van der Waals surface area contributed by atoms with Gasteiger partial charge in [-0.2, -0.15) is 0 Å². The van der Waals surface area contributed by atoms with Crippen molar-refractivity contribution in [2.45, 2.75) is 20.3 Å². The highest BCUT2D eigenvalue weighted by molar-refractivity contribution is 5.91. The summed E-state index contributed by atoms with van der Waals surface area (Å²) in [5, 5.41) is 7.35. The monoisotopic (exact) mass is 364 g/mol. The SMILES string of the molecule is COCCCNC(=O)c1nc(-c2cccc(C)c2)n(-c2ccccc2C)n1. The highest BCUT2D eigenvalue weighted by atomic mass is 16.5. The van der Waals surface area contributed by atoms with Crippen LogP contribution >= 0.6 is 0 Å². The maximum absolute atomic E-state index is 12.5. The van der Waals surface area contributed by atoms with Crippen molar-refractivity contribution in [3.8, 4) is 17.1 Å². The summed E-state index contributed by atoms with van der Waals surface area (Å²) in [6, 6.07) is 15.9. The topological polar surface area (TPSA) is 69.0 Å². The van der Waals surface area contributed by atoms with Gasteiger partial charge in [0.15, 0.2) is 5.82 Å². The fraction of sp³-hybridized carbons (Fsp3) is 0.286. The van der Waals surface area contributed by atoms with Crippen molar-refractivity contribution < 1.29 is 9.53 Å². The Morgan fingerprint density at radius 3 is 2.70 bits per heavy atom. The van der Waals surface area contributed by atoms with Gasteiger partial charge in [-0.1, -0.05) is 42.0 Å². The first-order valence-corrected chi connectivity index (χ1v) is 8.97.